The summed E-state index contributed by atoms with van der Waals surface area (Å²) in [4.78, 5) is 15.1. The number of anilines is 1. The second kappa shape index (κ2) is 5.70. The number of halogens is 1. The Kier molecular flexibility index (Phi) is 3.58. The number of carbonyl (C=O) groups is 1. The van der Waals surface area contributed by atoms with E-state index in [2.05, 4.69) is 10.3 Å². The number of aromatic amines is 1. The van der Waals surface area contributed by atoms with Crippen LogP contribution in [-0.2, 0) is 11.2 Å². The number of amides is 1. The van der Waals surface area contributed by atoms with Crippen molar-refractivity contribution in [1.29, 1.82) is 5.26 Å². The fourth-order valence-electron chi connectivity index (χ4n) is 2.36. The smallest absolute Gasteiger partial charge is 0.228 e. The lowest BCUT2D eigenvalue weighted by atomic mass is 10.1. The second-order valence-corrected chi connectivity index (χ2v) is 4.89. The van der Waals surface area contributed by atoms with E-state index in [4.69, 9.17) is 5.26 Å². The molecular weight excluding hydrogens is 281 g/mol. The molecule has 0 spiro atoms. The van der Waals surface area contributed by atoms with Gasteiger partial charge in [-0.2, -0.15) is 5.26 Å². The molecule has 5 heteroatoms. The van der Waals surface area contributed by atoms with E-state index < -0.39 is 0 Å². The normalized spacial score (nSPS) is 10.4. The Balaban J connectivity index is 1.80. The molecule has 0 fully saturated rings. The molecule has 3 rings (SSSR count). The van der Waals surface area contributed by atoms with Crippen LogP contribution in [0.5, 0.6) is 0 Å². The molecule has 2 N–H and O–H groups in total. The minimum absolute atomic E-state index is 0.144. The highest BCUT2D eigenvalue weighted by Gasteiger charge is 2.11. The molecule has 1 aromatic heterocycles. The van der Waals surface area contributed by atoms with Crippen LogP contribution in [0.15, 0.2) is 48.7 Å². The number of fused-ring (bicyclic) bond motifs is 1. The van der Waals surface area contributed by atoms with Gasteiger partial charge < -0.3 is 10.3 Å². The summed E-state index contributed by atoms with van der Waals surface area (Å²) in [5.41, 5.74) is 2.33. The molecule has 2 aromatic carbocycles. The maximum absolute atomic E-state index is 13.1. The van der Waals surface area contributed by atoms with Gasteiger partial charge in [0.1, 0.15) is 11.9 Å². The van der Waals surface area contributed by atoms with Crippen LogP contribution < -0.4 is 5.32 Å². The zero-order valence-corrected chi connectivity index (χ0v) is 11.6. The van der Waals surface area contributed by atoms with E-state index in [9.17, 15) is 9.18 Å². The van der Waals surface area contributed by atoms with Crippen LogP contribution in [0.25, 0.3) is 10.9 Å². The van der Waals surface area contributed by atoms with Gasteiger partial charge in [0.15, 0.2) is 0 Å². The average molecular weight is 293 g/mol. The van der Waals surface area contributed by atoms with Gasteiger partial charge in [-0.25, -0.2) is 4.39 Å². The number of hydrogen-bond acceptors (Lipinski definition) is 2. The third kappa shape index (κ3) is 2.67. The first-order chi connectivity index (χ1) is 10.7. The summed E-state index contributed by atoms with van der Waals surface area (Å²) in [5, 5.41) is 12.6. The van der Waals surface area contributed by atoms with E-state index in [1.807, 2.05) is 6.07 Å². The quantitative estimate of drug-likeness (QED) is 0.777. The lowest BCUT2D eigenvalue weighted by molar-refractivity contribution is -0.115. The van der Waals surface area contributed by atoms with Crippen LogP contribution >= 0.6 is 0 Å². The number of benzene rings is 2. The Labute approximate surface area is 126 Å². The van der Waals surface area contributed by atoms with Gasteiger partial charge in [-0.1, -0.05) is 12.1 Å². The molecule has 0 bridgehead atoms. The summed E-state index contributed by atoms with van der Waals surface area (Å²) in [6, 6.07) is 13.3. The lowest BCUT2D eigenvalue weighted by Crippen LogP contribution is -2.15. The highest BCUT2D eigenvalue weighted by molar-refractivity contribution is 5.96. The highest BCUT2D eigenvalue weighted by Crippen LogP contribution is 2.20. The molecule has 0 aliphatic carbocycles. The van der Waals surface area contributed by atoms with Crippen molar-refractivity contribution in [1.82, 2.24) is 4.98 Å². The number of hydrogen-bond donors (Lipinski definition) is 2. The predicted molar refractivity (Wildman–Crippen MR) is 81.7 cm³/mol. The molecule has 0 radical (unpaired) electrons. The van der Waals surface area contributed by atoms with E-state index in [0.717, 1.165) is 10.9 Å². The van der Waals surface area contributed by atoms with Gasteiger partial charge in [0.2, 0.25) is 5.91 Å². The van der Waals surface area contributed by atoms with Gasteiger partial charge in [-0.05, 0) is 35.9 Å². The number of para-hydroxylation sites is 1. The average Bonchev–Trinajstić information content (AvgIpc) is 2.89. The number of carbonyl (C=O) groups excluding carboxylic acids is 1. The van der Waals surface area contributed by atoms with Crippen molar-refractivity contribution in [3.05, 3.63) is 65.6 Å². The van der Waals surface area contributed by atoms with Crippen LogP contribution in [-0.4, -0.2) is 10.9 Å². The molecule has 22 heavy (non-hydrogen) atoms. The van der Waals surface area contributed by atoms with Crippen LogP contribution in [0.1, 0.15) is 11.1 Å². The summed E-state index contributed by atoms with van der Waals surface area (Å²) in [6.07, 6.45) is 1.84. The number of nitriles is 1. The standard InChI is InChI=1S/C17H12FN3O/c18-13-5-6-14-12(10-20-16(14)8-13)7-17(22)21-15-4-2-1-3-11(15)9-19/h1-6,8,10,20H,7H2,(H,21,22). The topological polar surface area (TPSA) is 68.7 Å². The molecule has 0 saturated heterocycles. The van der Waals surface area contributed by atoms with Crippen molar-refractivity contribution in [2.24, 2.45) is 0 Å². The zero-order valence-electron chi connectivity index (χ0n) is 11.6. The molecule has 4 nitrogen and oxygen atoms in total. The number of nitrogens with one attached hydrogen (secondary N) is 2. The van der Waals surface area contributed by atoms with Gasteiger partial charge >= 0.3 is 0 Å². The Morgan fingerprint density at radius 2 is 2.09 bits per heavy atom. The monoisotopic (exact) mass is 293 g/mol. The molecule has 0 unspecified atom stereocenters. The molecule has 0 atom stereocenters. The van der Waals surface area contributed by atoms with E-state index in [0.29, 0.717) is 16.8 Å². The van der Waals surface area contributed by atoms with Gasteiger partial charge in [0.25, 0.3) is 0 Å². The largest absolute Gasteiger partial charge is 0.361 e. The van der Waals surface area contributed by atoms with Crippen LogP contribution in [0, 0.1) is 17.1 Å². The van der Waals surface area contributed by atoms with Crippen LogP contribution in [0.2, 0.25) is 0 Å². The number of aromatic nitrogens is 1. The Morgan fingerprint density at radius 1 is 1.27 bits per heavy atom. The molecule has 1 heterocycles. The van der Waals surface area contributed by atoms with Crippen LogP contribution in [0.4, 0.5) is 10.1 Å². The molecule has 0 saturated carbocycles. The number of nitrogens with zero attached hydrogens (tertiary/aromatic N) is 1. The third-order valence-corrected chi connectivity index (χ3v) is 3.40. The summed E-state index contributed by atoms with van der Waals surface area (Å²) < 4.78 is 13.1. The van der Waals surface area contributed by atoms with E-state index in [1.165, 1.54) is 12.1 Å². The molecule has 0 aliphatic rings. The van der Waals surface area contributed by atoms with Gasteiger partial charge in [-0.15, -0.1) is 0 Å². The Morgan fingerprint density at radius 3 is 2.91 bits per heavy atom. The van der Waals surface area contributed by atoms with Gasteiger partial charge in [0, 0.05) is 17.1 Å². The first-order valence-corrected chi connectivity index (χ1v) is 6.72. The van der Waals surface area contributed by atoms with Gasteiger partial charge in [0.05, 0.1) is 17.7 Å². The summed E-state index contributed by atoms with van der Waals surface area (Å²) in [6.45, 7) is 0. The fourth-order valence-corrected chi connectivity index (χ4v) is 2.36. The molecular formula is C17H12FN3O. The van der Waals surface area contributed by atoms with Crippen molar-refractivity contribution in [3.63, 3.8) is 0 Å². The Bertz CT molecular complexity index is 892. The minimum Gasteiger partial charge on any atom is -0.361 e. The van der Waals surface area contributed by atoms with E-state index in [1.54, 1.807) is 36.5 Å². The van der Waals surface area contributed by atoms with E-state index >= 15 is 0 Å². The van der Waals surface area contributed by atoms with Crippen molar-refractivity contribution in [2.45, 2.75) is 6.42 Å². The minimum atomic E-state index is -0.326. The first-order valence-electron chi connectivity index (χ1n) is 6.72. The van der Waals surface area contributed by atoms with Crippen molar-refractivity contribution in [3.8, 4) is 6.07 Å². The molecule has 108 valence electrons. The maximum atomic E-state index is 13.1. The Hall–Kier alpha value is -3.13. The fraction of sp³-hybridized carbons (Fsp3) is 0.0588. The van der Waals surface area contributed by atoms with E-state index in [-0.39, 0.29) is 18.1 Å². The van der Waals surface area contributed by atoms with Gasteiger partial charge in [-0.3, -0.25) is 4.79 Å². The summed E-state index contributed by atoms with van der Waals surface area (Å²) >= 11 is 0. The van der Waals surface area contributed by atoms with Crippen molar-refractivity contribution < 1.29 is 9.18 Å². The molecule has 3 aromatic rings. The van der Waals surface area contributed by atoms with Crippen LogP contribution in [0.3, 0.4) is 0 Å². The van der Waals surface area contributed by atoms with Crippen molar-refractivity contribution in [2.75, 3.05) is 5.32 Å². The number of H-pyrrole nitrogens is 1. The maximum Gasteiger partial charge on any atom is 0.228 e. The second-order valence-electron chi connectivity index (χ2n) is 4.89. The van der Waals surface area contributed by atoms with Crippen molar-refractivity contribution >= 4 is 22.5 Å². The predicted octanol–water partition coefficient (Wildman–Crippen LogP) is 3.36. The first kappa shape index (κ1) is 13.8. The zero-order chi connectivity index (χ0) is 15.5. The summed E-state index contributed by atoms with van der Waals surface area (Å²) in [7, 11) is 0. The molecule has 0 aliphatic heterocycles. The SMILES string of the molecule is N#Cc1ccccc1NC(=O)Cc1c[nH]c2cc(F)ccc12. The molecule has 1 amide bonds. The third-order valence-electron chi connectivity index (χ3n) is 3.40. The highest BCUT2D eigenvalue weighted by atomic mass is 19.1. The lowest BCUT2D eigenvalue weighted by Gasteiger charge is -2.06. The number of rotatable bonds is 3. The summed E-state index contributed by atoms with van der Waals surface area (Å²) in [5.74, 6) is -0.554.